The van der Waals surface area contributed by atoms with Crippen LogP contribution in [0, 0.1) is 0 Å². The lowest BCUT2D eigenvalue weighted by Crippen LogP contribution is -2.41. The smallest absolute Gasteiger partial charge is 0.245 e. The summed E-state index contributed by atoms with van der Waals surface area (Å²) >= 11 is 0. The van der Waals surface area contributed by atoms with Crippen LogP contribution in [0.4, 0.5) is 0 Å². The molecule has 1 fully saturated rings. The topological polar surface area (TPSA) is 38.8 Å². The van der Waals surface area contributed by atoms with Crippen molar-refractivity contribution in [1.82, 2.24) is 4.90 Å². The second-order valence-corrected chi connectivity index (χ2v) is 4.50. The van der Waals surface area contributed by atoms with Gasteiger partial charge in [-0.05, 0) is 18.2 Å². The molecule has 2 rings (SSSR count). The molecular formula is C15H19NO3. The number of benzene rings is 1. The van der Waals surface area contributed by atoms with Crippen molar-refractivity contribution in [3.63, 3.8) is 0 Å². The zero-order valence-corrected chi connectivity index (χ0v) is 11.2. The molecule has 0 aliphatic carbocycles. The summed E-state index contributed by atoms with van der Waals surface area (Å²) in [6.45, 7) is 4.93. The van der Waals surface area contributed by atoms with Crippen LogP contribution in [0.5, 0.6) is 11.5 Å². The summed E-state index contributed by atoms with van der Waals surface area (Å²) in [6, 6.07) is 7.62. The van der Waals surface area contributed by atoms with E-state index in [9.17, 15) is 4.79 Å². The average Bonchev–Trinajstić information content (AvgIpc) is 2.48. The van der Waals surface area contributed by atoms with Crippen LogP contribution in [-0.4, -0.2) is 37.1 Å². The summed E-state index contributed by atoms with van der Waals surface area (Å²) in [5, 5.41) is 0. The first-order valence-corrected chi connectivity index (χ1v) is 6.45. The highest BCUT2D eigenvalue weighted by atomic mass is 16.5. The van der Waals surface area contributed by atoms with E-state index in [2.05, 4.69) is 6.58 Å². The summed E-state index contributed by atoms with van der Waals surface area (Å²) in [6.07, 6.45) is 3.15. The molecule has 0 aromatic heterocycles. The SMILES string of the molecule is C=CC(=O)N1CCC(Oc2ccccc2OC)CC1. The van der Waals surface area contributed by atoms with E-state index in [0.29, 0.717) is 13.1 Å². The molecule has 0 bridgehead atoms. The zero-order chi connectivity index (χ0) is 13.7. The molecule has 102 valence electrons. The van der Waals surface area contributed by atoms with E-state index in [1.54, 1.807) is 12.0 Å². The van der Waals surface area contributed by atoms with Crippen molar-refractivity contribution in [3.8, 4) is 11.5 Å². The lowest BCUT2D eigenvalue weighted by molar-refractivity contribution is -0.127. The Bertz CT molecular complexity index is 450. The lowest BCUT2D eigenvalue weighted by atomic mass is 10.1. The van der Waals surface area contributed by atoms with Gasteiger partial charge in [0.1, 0.15) is 6.10 Å². The number of ether oxygens (including phenoxy) is 2. The largest absolute Gasteiger partial charge is 0.493 e. The second-order valence-electron chi connectivity index (χ2n) is 4.50. The second kappa shape index (κ2) is 6.27. The molecule has 0 saturated carbocycles. The highest BCUT2D eigenvalue weighted by Crippen LogP contribution is 2.28. The van der Waals surface area contributed by atoms with E-state index in [1.807, 2.05) is 24.3 Å². The van der Waals surface area contributed by atoms with Gasteiger partial charge in [-0.25, -0.2) is 0 Å². The van der Waals surface area contributed by atoms with Crippen LogP contribution in [0.25, 0.3) is 0 Å². The zero-order valence-electron chi connectivity index (χ0n) is 11.2. The number of amides is 1. The van der Waals surface area contributed by atoms with Crippen LogP contribution in [0.2, 0.25) is 0 Å². The maximum atomic E-state index is 11.5. The molecule has 4 heteroatoms. The fourth-order valence-corrected chi connectivity index (χ4v) is 2.22. The number of nitrogens with zero attached hydrogens (tertiary/aromatic N) is 1. The highest BCUT2D eigenvalue weighted by Gasteiger charge is 2.23. The molecule has 1 aromatic rings. The molecule has 1 aliphatic heterocycles. The highest BCUT2D eigenvalue weighted by molar-refractivity contribution is 5.87. The quantitative estimate of drug-likeness (QED) is 0.780. The first-order valence-electron chi connectivity index (χ1n) is 6.45. The summed E-state index contributed by atoms with van der Waals surface area (Å²) in [7, 11) is 1.63. The minimum absolute atomic E-state index is 0.00394. The number of likely N-dealkylation sites (tertiary alicyclic amines) is 1. The Kier molecular flexibility index (Phi) is 4.44. The maximum absolute atomic E-state index is 11.5. The van der Waals surface area contributed by atoms with Crippen LogP contribution in [0.1, 0.15) is 12.8 Å². The summed E-state index contributed by atoms with van der Waals surface area (Å²) in [4.78, 5) is 13.3. The van der Waals surface area contributed by atoms with Gasteiger partial charge in [0.2, 0.25) is 5.91 Å². The lowest BCUT2D eigenvalue weighted by Gasteiger charge is -2.31. The van der Waals surface area contributed by atoms with Crippen LogP contribution in [0.3, 0.4) is 0 Å². The summed E-state index contributed by atoms with van der Waals surface area (Å²) < 4.78 is 11.2. The van der Waals surface area contributed by atoms with E-state index >= 15 is 0 Å². The van der Waals surface area contributed by atoms with Crippen molar-refractivity contribution in [2.75, 3.05) is 20.2 Å². The molecule has 1 aliphatic rings. The third-order valence-electron chi connectivity index (χ3n) is 3.29. The van der Waals surface area contributed by atoms with Gasteiger partial charge in [-0.3, -0.25) is 4.79 Å². The van der Waals surface area contributed by atoms with Gasteiger partial charge >= 0.3 is 0 Å². The number of carbonyl (C=O) groups excluding carboxylic acids is 1. The predicted octanol–water partition coefficient (Wildman–Crippen LogP) is 2.25. The summed E-state index contributed by atoms with van der Waals surface area (Å²) in [5.41, 5.74) is 0. The van der Waals surface area contributed by atoms with Crippen molar-refractivity contribution in [2.24, 2.45) is 0 Å². The Morgan fingerprint density at radius 3 is 2.53 bits per heavy atom. The maximum Gasteiger partial charge on any atom is 0.245 e. The van der Waals surface area contributed by atoms with Crippen LogP contribution < -0.4 is 9.47 Å². The molecule has 4 nitrogen and oxygen atoms in total. The fraction of sp³-hybridized carbons (Fsp3) is 0.400. The number of methoxy groups -OCH3 is 1. The molecule has 0 spiro atoms. The van der Waals surface area contributed by atoms with Crippen LogP contribution in [-0.2, 0) is 4.79 Å². The molecule has 1 saturated heterocycles. The van der Waals surface area contributed by atoms with Crippen molar-refractivity contribution in [1.29, 1.82) is 0 Å². The van der Waals surface area contributed by atoms with Crippen LogP contribution >= 0.6 is 0 Å². The number of rotatable bonds is 4. The normalized spacial score (nSPS) is 15.9. The van der Waals surface area contributed by atoms with Gasteiger partial charge in [-0.2, -0.15) is 0 Å². The number of piperidine rings is 1. The van der Waals surface area contributed by atoms with Crippen molar-refractivity contribution < 1.29 is 14.3 Å². The molecule has 1 heterocycles. The molecule has 0 radical (unpaired) electrons. The van der Waals surface area contributed by atoms with E-state index in [1.165, 1.54) is 6.08 Å². The fourth-order valence-electron chi connectivity index (χ4n) is 2.22. The van der Waals surface area contributed by atoms with Gasteiger partial charge in [0.15, 0.2) is 11.5 Å². The number of hydrogen-bond acceptors (Lipinski definition) is 3. The summed E-state index contributed by atoms with van der Waals surface area (Å²) in [5.74, 6) is 1.50. The van der Waals surface area contributed by atoms with Gasteiger partial charge < -0.3 is 14.4 Å². The first-order chi connectivity index (χ1) is 9.24. The average molecular weight is 261 g/mol. The molecule has 19 heavy (non-hydrogen) atoms. The van der Waals surface area contributed by atoms with E-state index < -0.39 is 0 Å². The number of hydrogen-bond donors (Lipinski definition) is 0. The first kappa shape index (κ1) is 13.5. The third-order valence-corrected chi connectivity index (χ3v) is 3.29. The minimum Gasteiger partial charge on any atom is -0.493 e. The van der Waals surface area contributed by atoms with Crippen molar-refractivity contribution in [3.05, 3.63) is 36.9 Å². The van der Waals surface area contributed by atoms with Crippen molar-refractivity contribution >= 4 is 5.91 Å². The third kappa shape index (κ3) is 3.28. The molecule has 1 amide bonds. The predicted molar refractivity (Wildman–Crippen MR) is 73.4 cm³/mol. The Labute approximate surface area is 113 Å². The Morgan fingerprint density at radius 2 is 1.95 bits per heavy atom. The monoisotopic (exact) mass is 261 g/mol. The van der Waals surface area contributed by atoms with Gasteiger partial charge in [-0.1, -0.05) is 18.7 Å². The molecule has 0 N–H and O–H groups in total. The van der Waals surface area contributed by atoms with E-state index in [-0.39, 0.29) is 12.0 Å². The van der Waals surface area contributed by atoms with E-state index in [0.717, 1.165) is 24.3 Å². The van der Waals surface area contributed by atoms with Gasteiger partial charge in [0, 0.05) is 25.9 Å². The minimum atomic E-state index is -0.00394. The Balaban J connectivity index is 1.92. The molecule has 1 aromatic carbocycles. The number of carbonyl (C=O) groups is 1. The molecule has 0 atom stereocenters. The van der Waals surface area contributed by atoms with Crippen molar-refractivity contribution in [2.45, 2.75) is 18.9 Å². The van der Waals surface area contributed by atoms with Crippen LogP contribution in [0.15, 0.2) is 36.9 Å². The van der Waals surface area contributed by atoms with Gasteiger partial charge in [-0.15, -0.1) is 0 Å². The van der Waals surface area contributed by atoms with Gasteiger partial charge in [0.05, 0.1) is 7.11 Å². The van der Waals surface area contributed by atoms with E-state index in [4.69, 9.17) is 9.47 Å². The molecular weight excluding hydrogens is 242 g/mol. The standard InChI is InChI=1S/C15H19NO3/c1-3-15(17)16-10-8-12(9-11-16)19-14-7-5-4-6-13(14)18-2/h3-7,12H,1,8-11H2,2H3. The molecule has 0 unspecified atom stereocenters. The van der Waals surface area contributed by atoms with Gasteiger partial charge in [0.25, 0.3) is 0 Å². The Hall–Kier alpha value is -1.97. The number of para-hydroxylation sites is 2. The Morgan fingerprint density at radius 1 is 1.32 bits per heavy atom.